The lowest BCUT2D eigenvalue weighted by molar-refractivity contribution is 0.332. The van der Waals surface area contributed by atoms with Gasteiger partial charge in [0, 0.05) is 39.1 Å². The van der Waals surface area contributed by atoms with Crippen LogP contribution in [0, 0.1) is 0 Å². The van der Waals surface area contributed by atoms with E-state index in [0.29, 0.717) is 0 Å². The predicted molar refractivity (Wildman–Crippen MR) is 296 cm³/mol. The van der Waals surface area contributed by atoms with Crippen LogP contribution in [0.4, 0.5) is 34.1 Å². The maximum atomic E-state index is 7.77. The minimum Gasteiger partial charge on any atom is -0.468 e. The van der Waals surface area contributed by atoms with E-state index in [2.05, 4.69) is 224 Å². The van der Waals surface area contributed by atoms with E-state index in [1.165, 1.54) is 106 Å². The Morgan fingerprint density at radius 1 is 0.478 bits per heavy atom. The van der Waals surface area contributed by atoms with Crippen LogP contribution in [-0.2, 0) is 37.9 Å². The fourth-order valence-electron chi connectivity index (χ4n) is 13.6. The third-order valence-electron chi connectivity index (χ3n) is 18.3. The number of hydrogen-bond acceptors (Lipinski definition) is 3. The quantitative estimate of drug-likeness (QED) is 0.161. The Hall–Kier alpha value is -5.48. The minimum absolute atomic E-state index is 0.0245. The van der Waals surface area contributed by atoms with Gasteiger partial charge in [-0.3, -0.25) is 0 Å². The second kappa shape index (κ2) is 13.9. The minimum atomic E-state index is -0.155. The Balaban J connectivity index is 1.26. The summed E-state index contributed by atoms with van der Waals surface area (Å²) in [7, 11) is 0. The van der Waals surface area contributed by atoms with Gasteiger partial charge in [-0.2, -0.15) is 0 Å². The molecule has 0 atom stereocenters. The third kappa shape index (κ3) is 6.24. The molecule has 3 nitrogen and oxygen atoms in total. The fourth-order valence-corrected chi connectivity index (χ4v) is 13.6. The van der Waals surface area contributed by atoms with E-state index < -0.39 is 0 Å². The molecule has 5 aliphatic rings. The van der Waals surface area contributed by atoms with Gasteiger partial charge in [-0.15, -0.1) is 0 Å². The molecule has 3 heterocycles. The maximum absolute atomic E-state index is 7.77. The third-order valence-corrected chi connectivity index (χ3v) is 18.3. The first-order valence-corrected chi connectivity index (χ1v) is 26.1. The molecule has 0 unspecified atom stereocenters. The largest absolute Gasteiger partial charge is 0.468 e. The molecule has 0 N–H and O–H groups in total. The highest BCUT2D eigenvalue weighted by molar-refractivity contribution is 7.00. The number of fused-ring (bicyclic) bond motifs is 11. The summed E-state index contributed by atoms with van der Waals surface area (Å²) in [6, 6.07) is 41.2. The number of nitrogens with zero attached hydrogens (tertiary/aromatic N) is 2. The number of anilines is 6. The van der Waals surface area contributed by atoms with Crippen LogP contribution in [0.25, 0.3) is 22.1 Å². The maximum Gasteiger partial charge on any atom is 0.297 e. The van der Waals surface area contributed by atoms with Crippen molar-refractivity contribution in [3.8, 4) is 11.1 Å². The molecule has 352 valence electrons. The van der Waals surface area contributed by atoms with E-state index in [-0.39, 0.29) is 44.6 Å². The van der Waals surface area contributed by atoms with Gasteiger partial charge in [0.25, 0.3) is 6.71 Å². The lowest BCUT2D eigenvalue weighted by Gasteiger charge is -2.47. The van der Waals surface area contributed by atoms with Crippen molar-refractivity contribution >= 4 is 68.4 Å². The molecular formula is C65H73BN2O. The standard InChI is InChI=1S/C65H73BN2O/c1-59(2,3)38-24-26-40(27-25-38)67-51-36-47-46(62(9,10)29-30-63(47,11)12)35-49(51)66-56-52(67)32-39(60(4,5)6)33-53(56)68(50-23-19-22-44-55(50)41-20-17-18-21-43(41)65(44,15)16)57-42-34-45-48(37-54(42)69-58(57)66)64(13,14)31-28-61(45,7)8/h17-27,32-37H,28-31H2,1-16H3. The summed E-state index contributed by atoms with van der Waals surface area (Å²) in [6.45, 7) is 38.5. The van der Waals surface area contributed by atoms with Gasteiger partial charge in [0.15, 0.2) is 0 Å². The van der Waals surface area contributed by atoms with Crippen LogP contribution >= 0.6 is 0 Å². The van der Waals surface area contributed by atoms with Gasteiger partial charge >= 0.3 is 0 Å². The molecule has 69 heavy (non-hydrogen) atoms. The molecule has 0 saturated carbocycles. The zero-order valence-corrected chi connectivity index (χ0v) is 44.5. The van der Waals surface area contributed by atoms with Crippen LogP contribution in [0.5, 0.6) is 0 Å². The summed E-state index contributed by atoms with van der Waals surface area (Å²) in [5.41, 5.74) is 25.9. The zero-order chi connectivity index (χ0) is 48.9. The Bertz CT molecular complexity index is 3340. The summed E-state index contributed by atoms with van der Waals surface area (Å²) < 4.78 is 7.77. The first kappa shape index (κ1) is 44.7. The smallest absolute Gasteiger partial charge is 0.297 e. The fraction of sp³-hybridized carbons (Fsp3) is 0.415. The number of rotatable bonds is 2. The van der Waals surface area contributed by atoms with Crippen LogP contribution in [0.3, 0.4) is 0 Å². The molecule has 2 aliphatic heterocycles. The summed E-state index contributed by atoms with van der Waals surface area (Å²) in [6.07, 6.45) is 4.62. The van der Waals surface area contributed by atoms with Gasteiger partial charge < -0.3 is 14.2 Å². The molecule has 6 aromatic carbocycles. The molecule has 0 fully saturated rings. The number of furan rings is 1. The number of hydrogen-bond donors (Lipinski definition) is 0. The Morgan fingerprint density at radius 2 is 1.01 bits per heavy atom. The zero-order valence-electron chi connectivity index (χ0n) is 44.5. The van der Waals surface area contributed by atoms with Crippen molar-refractivity contribution in [2.24, 2.45) is 0 Å². The molecule has 1 aromatic heterocycles. The van der Waals surface area contributed by atoms with Gasteiger partial charge in [0.1, 0.15) is 5.58 Å². The van der Waals surface area contributed by atoms with Crippen molar-refractivity contribution in [1.82, 2.24) is 0 Å². The average Bonchev–Trinajstić information content (AvgIpc) is 3.77. The topological polar surface area (TPSA) is 19.6 Å². The van der Waals surface area contributed by atoms with Crippen molar-refractivity contribution in [3.63, 3.8) is 0 Å². The van der Waals surface area contributed by atoms with Crippen LogP contribution < -0.4 is 26.4 Å². The molecule has 0 saturated heterocycles. The Kier molecular flexibility index (Phi) is 9.00. The van der Waals surface area contributed by atoms with Crippen LogP contribution in [0.1, 0.15) is 181 Å². The van der Waals surface area contributed by atoms with Gasteiger partial charge in [-0.25, -0.2) is 0 Å². The van der Waals surface area contributed by atoms with Crippen molar-refractivity contribution in [2.45, 2.75) is 174 Å². The summed E-state index contributed by atoms with van der Waals surface area (Å²) in [5, 5.41) is 1.22. The molecule has 4 heteroatoms. The van der Waals surface area contributed by atoms with E-state index in [4.69, 9.17) is 4.42 Å². The second-order valence-corrected chi connectivity index (χ2v) is 27.2. The van der Waals surface area contributed by atoms with E-state index in [1.807, 2.05) is 0 Å². The van der Waals surface area contributed by atoms with Gasteiger partial charge in [0.2, 0.25) is 0 Å². The summed E-state index contributed by atoms with van der Waals surface area (Å²) in [4.78, 5) is 5.33. The van der Waals surface area contributed by atoms with E-state index in [1.54, 1.807) is 0 Å². The van der Waals surface area contributed by atoms with Crippen LogP contribution in [-0.4, -0.2) is 6.71 Å². The van der Waals surface area contributed by atoms with E-state index in [9.17, 15) is 0 Å². The van der Waals surface area contributed by atoms with Crippen LogP contribution in [0.2, 0.25) is 0 Å². The van der Waals surface area contributed by atoms with E-state index >= 15 is 0 Å². The van der Waals surface area contributed by atoms with Crippen molar-refractivity contribution in [1.29, 1.82) is 0 Å². The highest BCUT2D eigenvalue weighted by Gasteiger charge is 2.51. The summed E-state index contributed by atoms with van der Waals surface area (Å²) in [5.74, 6) is 0. The highest BCUT2D eigenvalue weighted by atomic mass is 16.3. The number of benzene rings is 6. The second-order valence-electron chi connectivity index (χ2n) is 27.2. The SMILES string of the molecule is CC(C)(C)c1ccc(N2c3cc4c(cc3B3c5oc6cc7c(cc6c5N(c5cccc6c5-c5ccccc5C6(C)C)c5cc(C(C)(C)C)cc2c53)C(C)(C)CCC7(C)C)C(C)(C)CCC4(C)C)cc1. The lowest BCUT2D eigenvalue weighted by atomic mass is 9.35. The molecule has 0 spiro atoms. The lowest BCUT2D eigenvalue weighted by Crippen LogP contribution is -2.61. The first-order valence-electron chi connectivity index (χ1n) is 26.1. The summed E-state index contributed by atoms with van der Waals surface area (Å²) >= 11 is 0. The van der Waals surface area contributed by atoms with Gasteiger partial charge in [-0.05, 0) is 168 Å². The predicted octanol–water partition coefficient (Wildman–Crippen LogP) is 16.1. The highest BCUT2D eigenvalue weighted by Crippen LogP contribution is 2.58. The molecule has 3 aliphatic carbocycles. The Morgan fingerprint density at radius 3 is 1.62 bits per heavy atom. The molecule has 0 bridgehead atoms. The van der Waals surface area contributed by atoms with Crippen LogP contribution in [0.15, 0.2) is 108 Å². The normalized spacial score (nSPS) is 19.6. The van der Waals surface area contributed by atoms with Gasteiger partial charge in [0.05, 0.1) is 17.0 Å². The molecular weight excluding hydrogens is 836 g/mol. The van der Waals surface area contributed by atoms with Crippen molar-refractivity contribution < 1.29 is 4.42 Å². The van der Waals surface area contributed by atoms with Gasteiger partial charge in [-0.1, -0.05) is 165 Å². The van der Waals surface area contributed by atoms with Crippen molar-refractivity contribution in [2.75, 3.05) is 9.80 Å². The Labute approximate surface area is 413 Å². The molecule has 7 aromatic rings. The molecule has 0 radical (unpaired) electrons. The monoisotopic (exact) mass is 909 g/mol. The van der Waals surface area contributed by atoms with Crippen molar-refractivity contribution in [3.05, 3.63) is 148 Å². The first-order chi connectivity index (χ1) is 32.2. The van der Waals surface area contributed by atoms with E-state index in [0.717, 1.165) is 36.9 Å². The molecule has 12 rings (SSSR count). The average molecular weight is 909 g/mol. The molecule has 0 amide bonds.